The molecule has 1 heterocycles. The van der Waals surface area contributed by atoms with Gasteiger partial charge in [-0.1, -0.05) is 17.8 Å². The standard InChI is InChI=1S/C13H13FN4OS/c14-9-2-3-10-8(5-9)1-4-11(10)17-12(19)6-20-13-15-7-16-18-13/h2-3,5,7,11H,1,4,6H2,(H,17,19)(H,15,16,18)/t11-/m0/s1. The monoisotopic (exact) mass is 292 g/mol. The zero-order valence-corrected chi connectivity index (χ0v) is 11.4. The van der Waals surface area contributed by atoms with Crippen molar-refractivity contribution in [2.75, 3.05) is 5.75 Å². The number of aromatic amines is 1. The van der Waals surface area contributed by atoms with Gasteiger partial charge in [0.05, 0.1) is 11.8 Å². The number of hydrogen-bond acceptors (Lipinski definition) is 4. The Morgan fingerprint density at radius 2 is 2.45 bits per heavy atom. The minimum atomic E-state index is -0.225. The van der Waals surface area contributed by atoms with E-state index < -0.39 is 0 Å². The van der Waals surface area contributed by atoms with Crippen LogP contribution < -0.4 is 5.32 Å². The Hall–Kier alpha value is -1.89. The highest BCUT2D eigenvalue weighted by molar-refractivity contribution is 7.99. The van der Waals surface area contributed by atoms with Crippen molar-refractivity contribution in [3.8, 4) is 0 Å². The molecule has 0 saturated heterocycles. The largest absolute Gasteiger partial charge is 0.349 e. The second kappa shape index (κ2) is 5.62. The zero-order chi connectivity index (χ0) is 13.9. The van der Waals surface area contributed by atoms with Crippen LogP contribution in [0.4, 0.5) is 4.39 Å². The fourth-order valence-corrected chi connectivity index (χ4v) is 2.96. The predicted molar refractivity (Wildman–Crippen MR) is 72.7 cm³/mol. The van der Waals surface area contributed by atoms with Crippen molar-refractivity contribution in [2.24, 2.45) is 0 Å². The Labute approximate surface area is 119 Å². The summed E-state index contributed by atoms with van der Waals surface area (Å²) in [6.07, 6.45) is 3.02. The number of benzene rings is 1. The summed E-state index contributed by atoms with van der Waals surface area (Å²) in [5.41, 5.74) is 2.00. The number of carbonyl (C=O) groups is 1. The number of H-pyrrole nitrogens is 1. The molecule has 5 nitrogen and oxygen atoms in total. The van der Waals surface area contributed by atoms with Crippen LogP contribution in [0.3, 0.4) is 0 Å². The first-order chi connectivity index (χ1) is 9.72. The minimum Gasteiger partial charge on any atom is -0.349 e. The molecule has 0 unspecified atom stereocenters. The van der Waals surface area contributed by atoms with Crippen molar-refractivity contribution in [1.82, 2.24) is 20.5 Å². The molecular formula is C13H13FN4OS. The third-order valence-corrected chi connectivity index (χ3v) is 4.13. The lowest BCUT2D eigenvalue weighted by atomic mass is 10.1. The van der Waals surface area contributed by atoms with E-state index in [0.29, 0.717) is 5.16 Å². The van der Waals surface area contributed by atoms with E-state index in [-0.39, 0.29) is 23.5 Å². The van der Waals surface area contributed by atoms with Gasteiger partial charge in [-0.25, -0.2) is 9.37 Å². The molecule has 1 aliphatic rings. The topological polar surface area (TPSA) is 70.7 Å². The average Bonchev–Trinajstić information content (AvgIpc) is 3.06. The van der Waals surface area contributed by atoms with Crippen LogP contribution in [-0.4, -0.2) is 26.8 Å². The molecule has 2 N–H and O–H groups in total. The van der Waals surface area contributed by atoms with Crippen LogP contribution in [0.2, 0.25) is 0 Å². The van der Waals surface area contributed by atoms with Gasteiger partial charge in [-0.3, -0.25) is 9.89 Å². The molecule has 1 amide bonds. The van der Waals surface area contributed by atoms with Gasteiger partial charge in [-0.15, -0.1) is 0 Å². The van der Waals surface area contributed by atoms with Crippen LogP contribution in [0.15, 0.2) is 29.7 Å². The molecule has 2 aromatic rings. The molecule has 0 fully saturated rings. The average molecular weight is 292 g/mol. The maximum Gasteiger partial charge on any atom is 0.230 e. The van der Waals surface area contributed by atoms with E-state index in [1.54, 1.807) is 12.1 Å². The van der Waals surface area contributed by atoms with Crippen LogP contribution in [-0.2, 0) is 11.2 Å². The van der Waals surface area contributed by atoms with Crippen LogP contribution in [0.25, 0.3) is 0 Å². The zero-order valence-electron chi connectivity index (χ0n) is 10.6. The summed E-state index contributed by atoms with van der Waals surface area (Å²) in [6, 6.07) is 4.72. The van der Waals surface area contributed by atoms with Crippen LogP contribution >= 0.6 is 11.8 Å². The summed E-state index contributed by atoms with van der Waals surface area (Å²) in [4.78, 5) is 15.8. The highest BCUT2D eigenvalue weighted by Gasteiger charge is 2.24. The highest BCUT2D eigenvalue weighted by Crippen LogP contribution is 2.31. The molecule has 0 bridgehead atoms. The summed E-state index contributed by atoms with van der Waals surface area (Å²) < 4.78 is 13.1. The summed E-state index contributed by atoms with van der Waals surface area (Å²) in [7, 11) is 0. The lowest BCUT2D eigenvalue weighted by Gasteiger charge is -2.13. The maximum absolute atomic E-state index is 13.1. The fraction of sp³-hybridized carbons (Fsp3) is 0.308. The van der Waals surface area contributed by atoms with Crippen molar-refractivity contribution in [3.05, 3.63) is 41.5 Å². The molecule has 104 valence electrons. The summed E-state index contributed by atoms with van der Waals surface area (Å²) in [5, 5.41) is 10.00. The molecule has 0 radical (unpaired) electrons. The quantitative estimate of drug-likeness (QED) is 0.844. The number of aryl methyl sites for hydroxylation is 1. The van der Waals surface area contributed by atoms with Gasteiger partial charge in [0.2, 0.25) is 5.91 Å². The van der Waals surface area contributed by atoms with Gasteiger partial charge < -0.3 is 5.32 Å². The van der Waals surface area contributed by atoms with Crippen molar-refractivity contribution < 1.29 is 9.18 Å². The molecule has 1 aromatic carbocycles. The molecule has 0 aliphatic heterocycles. The summed E-state index contributed by atoms with van der Waals surface area (Å²) >= 11 is 1.30. The third kappa shape index (κ3) is 2.82. The molecule has 20 heavy (non-hydrogen) atoms. The lowest BCUT2D eigenvalue weighted by Crippen LogP contribution is -2.28. The number of halogens is 1. The first kappa shape index (κ1) is 13.1. The van der Waals surface area contributed by atoms with Gasteiger partial charge in [0, 0.05) is 0 Å². The Balaban J connectivity index is 1.58. The number of hydrogen-bond donors (Lipinski definition) is 2. The number of aromatic nitrogens is 3. The van der Waals surface area contributed by atoms with E-state index in [9.17, 15) is 9.18 Å². The molecule has 0 saturated carbocycles. The van der Waals surface area contributed by atoms with E-state index in [2.05, 4.69) is 20.5 Å². The fourth-order valence-electron chi connectivity index (χ4n) is 2.37. The first-order valence-corrected chi connectivity index (χ1v) is 7.27. The Morgan fingerprint density at radius 1 is 1.55 bits per heavy atom. The lowest BCUT2D eigenvalue weighted by molar-refractivity contribution is -0.119. The maximum atomic E-state index is 13.1. The van der Waals surface area contributed by atoms with E-state index in [1.165, 1.54) is 24.2 Å². The number of amides is 1. The molecule has 1 aliphatic carbocycles. The number of rotatable bonds is 4. The normalized spacial score (nSPS) is 16.9. The Bertz CT molecular complexity index is 617. The number of nitrogens with zero attached hydrogens (tertiary/aromatic N) is 2. The van der Waals surface area contributed by atoms with Gasteiger partial charge in [-0.05, 0) is 36.1 Å². The Kier molecular flexibility index (Phi) is 3.68. The Morgan fingerprint density at radius 3 is 3.25 bits per heavy atom. The van der Waals surface area contributed by atoms with Crippen molar-refractivity contribution in [3.63, 3.8) is 0 Å². The molecule has 0 spiro atoms. The second-order valence-electron chi connectivity index (χ2n) is 4.58. The van der Waals surface area contributed by atoms with Crippen LogP contribution in [0, 0.1) is 5.82 Å². The van der Waals surface area contributed by atoms with Crippen molar-refractivity contribution in [1.29, 1.82) is 0 Å². The molecule has 7 heteroatoms. The number of thioether (sulfide) groups is 1. The van der Waals surface area contributed by atoms with Gasteiger partial charge in [0.15, 0.2) is 5.16 Å². The van der Waals surface area contributed by atoms with Gasteiger partial charge >= 0.3 is 0 Å². The number of nitrogens with one attached hydrogen (secondary N) is 2. The summed E-state index contributed by atoms with van der Waals surface area (Å²) in [6.45, 7) is 0. The van der Waals surface area contributed by atoms with Crippen LogP contribution in [0.1, 0.15) is 23.6 Å². The number of fused-ring (bicyclic) bond motifs is 1. The smallest absolute Gasteiger partial charge is 0.230 e. The number of carbonyl (C=O) groups excluding carboxylic acids is 1. The van der Waals surface area contributed by atoms with E-state index in [4.69, 9.17) is 0 Å². The van der Waals surface area contributed by atoms with Crippen molar-refractivity contribution in [2.45, 2.75) is 24.0 Å². The minimum absolute atomic E-state index is 0.0200. The summed E-state index contributed by atoms with van der Waals surface area (Å²) in [5.74, 6) is -0.00689. The molecule has 1 aromatic heterocycles. The molecular weight excluding hydrogens is 279 g/mol. The second-order valence-corrected chi connectivity index (χ2v) is 5.55. The highest BCUT2D eigenvalue weighted by atomic mass is 32.2. The van der Waals surface area contributed by atoms with Gasteiger partial charge in [-0.2, -0.15) is 5.10 Å². The molecule has 1 atom stereocenters. The van der Waals surface area contributed by atoms with Gasteiger partial charge in [0.25, 0.3) is 0 Å². The van der Waals surface area contributed by atoms with E-state index in [0.717, 1.165) is 24.0 Å². The van der Waals surface area contributed by atoms with E-state index >= 15 is 0 Å². The first-order valence-electron chi connectivity index (χ1n) is 6.28. The van der Waals surface area contributed by atoms with Crippen molar-refractivity contribution >= 4 is 17.7 Å². The van der Waals surface area contributed by atoms with Crippen LogP contribution in [0.5, 0.6) is 0 Å². The van der Waals surface area contributed by atoms with Gasteiger partial charge in [0.1, 0.15) is 12.1 Å². The SMILES string of the molecule is O=C(CSc1ncn[nH]1)N[C@H]1CCc2cc(F)ccc21. The third-order valence-electron chi connectivity index (χ3n) is 3.25. The molecule has 3 rings (SSSR count). The van der Waals surface area contributed by atoms with E-state index in [1.807, 2.05) is 0 Å². The predicted octanol–water partition coefficient (Wildman–Crippen LogP) is 1.84.